The molecule has 0 aromatic rings. The Kier molecular flexibility index (Phi) is 25.6. The van der Waals surface area contributed by atoms with E-state index in [9.17, 15) is 0 Å². The average molecular weight is 464 g/mol. The van der Waals surface area contributed by atoms with Crippen molar-refractivity contribution in [3.05, 3.63) is 0 Å². The molecule has 0 aliphatic heterocycles. The Bertz CT molecular complexity index is 278. The summed E-state index contributed by atoms with van der Waals surface area (Å²) in [6.07, 6.45) is 11.9. The molecule has 140 valence electrons. The molecule has 0 saturated carbocycles. The van der Waals surface area contributed by atoms with Gasteiger partial charge >= 0.3 is 106 Å². The van der Waals surface area contributed by atoms with E-state index in [4.69, 9.17) is 29.4 Å². The molecule has 0 fully saturated rings. The van der Waals surface area contributed by atoms with Crippen LogP contribution in [0.4, 0.5) is 0 Å². The van der Waals surface area contributed by atoms with Crippen LogP contribution in [0.1, 0.15) is 65.2 Å². The number of hydrogen-bond donors (Lipinski definition) is 6. The predicted molar refractivity (Wildman–Crippen MR) is 99.8 cm³/mol. The molecule has 0 unspecified atom stereocenters. The van der Waals surface area contributed by atoms with Gasteiger partial charge < -0.3 is 29.4 Å². The molecule has 0 aromatic heterocycles. The van der Waals surface area contributed by atoms with E-state index in [2.05, 4.69) is 37.5 Å². The molecule has 0 bridgehead atoms. The van der Waals surface area contributed by atoms with Crippen LogP contribution in [0.3, 0.4) is 0 Å². The first kappa shape index (κ1) is 29.4. The second-order valence-electron chi connectivity index (χ2n) is 5.21. The normalized spacial score (nSPS) is 10.8. The zero-order chi connectivity index (χ0) is 18.8. The van der Waals surface area contributed by atoms with Gasteiger partial charge in [-0.15, -0.1) is 0 Å². The third-order valence-electron chi connectivity index (χ3n) is 2.71. The van der Waals surface area contributed by atoms with Gasteiger partial charge in [-0.2, -0.15) is 0 Å². The van der Waals surface area contributed by atoms with Crippen LogP contribution in [0.15, 0.2) is 0 Å². The molecule has 0 aromatic carbocycles. The molecule has 0 aliphatic rings. The minimum atomic E-state index is -3.81. The van der Waals surface area contributed by atoms with Gasteiger partial charge in [0.25, 0.3) is 0 Å². The van der Waals surface area contributed by atoms with Crippen LogP contribution in [0.5, 0.6) is 0 Å². The third-order valence-corrected chi connectivity index (χ3v) is 6.90. The van der Waals surface area contributed by atoms with Crippen LogP contribution in [0, 0.1) is 0 Å². The van der Waals surface area contributed by atoms with Gasteiger partial charge in [-0.05, 0) is 23.6 Å². The molecule has 0 saturated heterocycles. The van der Waals surface area contributed by atoms with Gasteiger partial charge in [-0.3, -0.25) is 0 Å². The quantitative estimate of drug-likeness (QED) is 0.165. The van der Waals surface area contributed by atoms with Crippen molar-refractivity contribution in [1.29, 1.82) is 0 Å². The topological polar surface area (TPSA) is 121 Å². The van der Waals surface area contributed by atoms with Gasteiger partial charge in [-0.1, -0.05) is 0 Å². The van der Waals surface area contributed by atoms with Gasteiger partial charge in [0.1, 0.15) is 0 Å². The minimum Gasteiger partial charge on any atom is -0.325 e. The summed E-state index contributed by atoms with van der Waals surface area (Å²) < 4.78 is 0. The number of rotatable bonds is 10. The summed E-state index contributed by atoms with van der Waals surface area (Å²) >= 11 is 7.17. The molecule has 0 rings (SSSR count). The van der Waals surface area contributed by atoms with E-state index in [0.29, 0.717) is 0 Å². The summed E-state index contributed by atoms with van der Waals surface area (Å²) in [5.41, 5.74) is 0. The summed E-state index contributed by atoms with van der Waals surface area (Å²) in [6.45, 7) is -3.02. The summed E-state index contributed by atoms with van der Waals surface area (Å²) in [5, 5.41) is 3.33. The van der Waals surface area contributed by atoms with E-state index < -0.39 is 13.4 Å². The second-order valence-corrected chi connectivity index (χ2v) is 14.7. The monoisotopic (exact) mass is 462 g/mol. The molecule has 0 amide bonds. The maximum absolute atomic E-state index is 7.56. The molecule has 6 N–H and O–H groups in total. The second kappa shape index (κ2) is 20.0. The maximum Gasteiger partial charge on any atom is 0.319 e. The van der Waals surface area contributed by atoms with E-state index in [1.807, 2.05) is 0 Å². The summed E-state index contributed by atoms with van der Waals surface area (Å²) in [7, 11) is 0. The van der Waals surface area contributed by atoms with E-state index >= 15 is 0 Å². The fourth-order valence-corrected chi connectivity index (χ4v) is 5.45. The first-order chi connectivity index (χ1) is 10.4. The van der Waals surface area contributed by atoms with Crippen molar-refractivity contribution in [3.8, 4) is 0 Å². The third kappa shape index (κ3) is 81.6. The van der Waals surface area contributed by atoms with Crippen molar-refractivity contribution in [1.82, 2.24) is 0 Å². The molecule has 11 heteroatoms. The zero-order valence-electron chi connectivity index (χ0n) is 14.2. The van der Waals surface area contributed by atoms with Crippen LogP contribution in [-0.4, -0.2) is 29.4 Å². The van der Waals surface area contributed by atoms with E-state index in [-0.39, 0.29) is 17.1 Å². The Balaban J connectivity index is -0.000000329. The first-order valence-corrected chi connectivity index (χ1v) is 17.5. The molecule has 0 spiro atoms. The van der Waals surface area contributed by atoms with E-state index in [1.165, 1.54) is 38.5 Å². The Morgan fingerprint density at radius 2 is 0.870 bits per heavy atom. The van der Waals surface area contributed by atoms with Crippen LogP contribution in [0.2, 0.25) is 10.0 Å². The fourth-order valence-electron chi connectivity index (χ4n) is 1.74. The maximum atomic E-state index is 7.56. The molecule has 6 nitrogen and oxygen atoms in total. The van der Waals surface area contributed by atoms with Gasteiger partial charge in [0.2, 0.25) is 0 Å². The number of hydrogen-bond acceptors (Lipinski definition) is 2. The van der Waals surface area contributed by atoms with E-state index in [1.54, 1.807) is 22.9 Å². The Morgan fingerprint density at radius 3 is 1.09 bits per heavy atom. The van der Waals surface area contributed by atoms with Crippen molar-refractivity contribution >= 4 is 37.1 Å². The van der Waals surface area contributed by atoms with Gasteiger partial charge in [0.15, 0.2) is 0 Å². The van der Waals surface area contributed by atoms with Gasteiger partial charge in [0.05, 0.1) is 0 Å². The van der Waals surface area contributed by atoms with Crippen molar-refractivity contribution in [3.63, 3.8) is 0 Å². The molecule has 0 heterocycles. The van der Waals surface area contributed by atoms with Crippen molar-refractivity contribution in [2.24, 2.45) is 0 Å². The van der Waals surface area contributed by atoms with Crippen molar-refractivity contribution < 1.29 is 46.5 Å². The average Bonchev–Trinajstić information content (AvgIpc) is 2.33. The standard InChI is InChI=1S/2C6H13.2H3O3PS.Zn/c2*1-3-5-6-4-2;2*1-4(2,3)5;/h2*1,3-6H2,2H3;2*(H3,1,2,3,5);. The molecule has 23 heavy (non-hydrogen) atoms. The summed E-state index contributed by atoms with van der Waals surface area (Å²) in [5.74, 6) is 0. The van der Waals surface area contributed by atoms with E-state index in [0.717, 1.165) is 0 Å². The van der Waals surface area contributed by atoms with Gasteiger partial charge in [0, 0.05) is 0 Å². The van der Waals surface area contributed by atoms with Crippen molar-refractivity contribution in [2.45, 2.75) is 75.2 Å². The van der Waals surface area contributed by atoms with Crippen LogP contribution < -0.4 is 0 Å². The van der Waals surface area contributed by atoms with Crippen LogP contribution in [0.25, 0.3) is 0 Å². The SMILES string of the molecule is CCCCC[CH2][Zn][CH2]CCCCC.OP(O)(O)=S.OP(O)(O)=S. The molecule has 0 atom stereocenters. The minimum absolute atomic E-state index is 0.0381. The fraction of sp³-hybridized carbons (Fsp3) is 1.00. The molecule has 0 aliphatic carbocycles. The predicted octanol–water partition coefficient (Wildman–Crippen LogP) is 3.44. The molecular formula is C12H32O6P2S2Zn. The Hall–Kier alpha value is 1.68. The van der Waals surface area contributed by atoms with Gasteiger partial charge in [-0.25, -0.2) is 0 Å². The van der Waals surface area contributed by atoms with Crippen LogP contribution in [-0.2, 0) is 40.7 Å². The Labute approximate surface area is 158 Å². The summed E-state index contributed by atoms with van der Waals surface area (Å²) in [4.78, 5) is 45.3. The number of unbranched alkanes of at least 4 members (excludes halogenated alkanes) is 6. The zero-order valence-corrected chi connectivity index (χ0v) is 20.6. The smallest absolute Gasteiger partial charge is 0.319 e. The summed E-state index contributed by atoms with van der Waals surface area (Å²) in [6, 6.07) is 0. The first-order valence-electron chi connectivity index (χ1n) is 7.98. The van der Waals surface area contributed by atoms with Crippen LogP contribution >= 0.6 is 13.4 Å². The molecular weight excluding hydrogens is 432 g/mol. The largest absolute Gasteiger partial charge is 0.325 e. The Morgan fingerprint density at radius 1 is 0.609 bits per heavy atom. The molecule has 0 radical (unpaired) electrons. The van der Waals surface area contributed by atoms with Crippen molar-refractivity contribution in [2.75, 3.05) is 0 Å².